The van der Waals surface area contributed by atoms with E-state index in [0.717, 1.165) is 22.5 Å². The maximum absolute atomic E-state index is 9.27. The molecule has 0 amide bonds. The quantitative estimate of drug-likeness (QED) is 0.740. The number of aryl methyl sites for hydroxylation is 1. The van der Waals surface area contributed by atoms with E-state index in [-0.39, 0.29) is 0 Å². The van der Waals surface area contributed by atoms with Gasteiger partial charge in [0.1, 0.15) is 11.9 Å². The Bertz CT molecular complexity index is 876. The molecule has 3 aromatic rings. The largest absolute Gasteiger partial charge is 0.366 e. The van der Waals surface area contributed by atoms with Gasteiger partial charge in [0, 0.05) is 19.1 Å². The number of para-hydroxylation sites is 2. The summed E-state index contributed by atoms with van der Waals surface area (Å²) >= 11 is 5.95. The molecule has 0 bridgehead atoms. The maximum atomic E-state index is 9.27. The van der Waals surface area contributed by atoms with Gasteiger partial charge in [-0.1, -0.05) is 23.7 Å². The van der Waals surface area contributed by atoms with Crippen molar-refractivity contribution in [2.24, 2.45) is 7.05 Å². The Balaban J connectivity index is 1.95. The van der Waals surface area contributed by atoms with E-state index in [9.17, 15) is 5.26 Å². The fourth-order valence-electron chi connectivity index (χ4n) is 2.56. The minimum absolute atomic E-state index is 0.564. The lowest BCUT2D eigenvalue weighted by Gasteiger charge is -2.20. The van der Waals surface area contributed by atoms with E-state index in [1.54, 1.807) is 12.1 Å². The average molecular weight is 311 g/mol. The zero-order chi connectivity index (χ0) is 15.7. The van der Waals surface area contributed by atoms with Crippen molar-refractivity contribution in [1.29, 1.82) is 5.26 Å². The van der Waals surface area contributed by atoms with Crippen LogP contribution in [0.25, 0.3) is 11.0 Å². The van der Waals surface area contributed by atoms with Crippen molar-refractivity contribution in [1.82, 2.24) is 9.55 Å². The van der Waals surface area contributed by atoms with E-state index >= 15 is 0 Å². The van der Waals surface area contributed by atoms with E-state index in [0.29, 0.717) is 17.1 Å². The van der Waals surface area contributed by atoms with E-state index in [4.69, 9.17) is 11.6 Å². The van der Waals surface area contributed by atoms with Crippen molar-refractivity contribution >= 4 is 28.3 Å². The third kappa shape index (κ3) is 2.51. The third-order valence-electron chi connectivity index (χ3n) is 3.75. The van der Waals surface area contributed by atoms with Crippen LogP contribution in [0, 0.1) is 11.3 Å². The van der Waals surface area contributed by atoms with Gasteiger partial charge in [0.2, 0.25) is 0 Å². The summed E-state index contributed by atoms with van der Waals surface area (Å²) in [4.78, 5) is 6.67. The predicted molar refractivity (Wildman–Crippen MR) is 89.0 cm³/mol. The zero-order valence-electron chi connectivity index (χ0n) is 12.4. The second kappa shape index (κ2) is 5.70. The van der Waals surface area contributed by atoms with E-state index in [1.165, 1.54) is 0 Å². The predicted octanol–water partition coefficient (Wildman–Crippen LogP) is 3.73. The van der Waals surface area contributed by atoms with Crippen molar-refractivity contribution in [3.8, 4) is 6.07 Å². The topological polar surface area (TPSA) is 44.9 Å². The first-order valence-corrected chi connectivity index (χ1v) is 7.29. The minimum Gasteiger partial charge on any atom is -0.366 e. The number of halogens is 1. The van der Waals surface area contributed by atoms with Crippen molar-refractivity contribution in [3.63, 3.8) is 0 Å². The highest BCUT2D eigenvalue weighted by Crippen LogP contribution is 2.24. The van der Waals surface area contributed by atoms with Crippen molar-refractivity contribution < 1.29 is 0 Å². The standard InChI is InChI=1S/C17H15ClN4/c1-21(15-8-7-13(18)9-12(15)10-19)11-17-20-14-5-3-4-6-16(14)22(17)2/h3-9H,11H2,1-2H3. The molecule has 5 heteroatoms. The summed E-state index contributed by atoms with van der Waals surface area (Å²) in [6.07, 6.45) is 0. The summed E-state index contributed by atoms with van der Waals surface area (Å²) in [5.74, 6) is 0.947. The molecule has 22 heavy (non-hydrogen) atoms. The molecule has 110 valence electrons. The summed E-state index contributed by atoms with van der Waals surface area (Å²) in [6, 6.07) is 15.6. The third-order valence-corrected chi connectivity index (χ3v) is 3.98. The molecule has 0 aliphatic rings. The molecular formula is C17H15ClN4. The number of rotatable bonds is 3. The van der Waals surface area contributed by atoms with Crippen LogP contribution in [0.3, 0.4) is 0 Å². The van der Waals surface area contributed by atoms with Gasteiger partial charge >= 0.3 is 0 Å². The number of nitrogens with zero attached hydrogens (tertiary/aromatic N) is 4. The summed E-state index contributed by atoms with van der Waals surface area (Å²) in [5, 5.41) is 9.84. The number of aromatic nitrogens is 2. The second-order valence-electron chi connectivity index (χ2n) is 5.21. The molecule has 0 fully saturated rings. The number of hydrogen-bond donors (Lipinski definition) is 0. The summed E-state index contributed by atoms with van der Waals surface area (Å²) in [7, 11) is 3.95. The maximum Gasteiger partial charge on any atom is 0.129 e. The smallest absolute Gasteiger partial charge is 0.129 e. The normalized spacial score (nSPS) is 10.6. The van der Waals surface area contributed by atoms with Crippen LogP contribution < -0.4 is 4.90 Å². The molecule has 1 heterocycles. The van der Waals surface area contributed by atoms with Gasteiger partial charge in [-0.25, -0.2) is 4.98 Å². The molecule has 0 atom stereocenters. The molecule has 0 aliphatic carbocycles. The van der Waals surface area contributed by atoms with Crippen molar-refractivity contribution in [2.75, 3.05) is 11.9 Å². The minimum atomic E-state index is 0.564. The van der Waals surface area contributed by atoms with Crippen molar-refractivity contribution in [3.05, 3.63) is 58.9 Å². The number of imidazole rings is 1. The molecule has 0 radical (unpaired) electrons. The monoisotopic (exact) mass is 310 g/mol. The van der Waals surface area contributed by atoms with Gasteiger partial charge in [0.25, 0.3) is 0 Å². The Morgan fingerprint density at radius 2 is 2.05 bits per heavy atom. The Morgan fingerprint density at radius 3 is 2.77 bits per heavy atom. The first-order chi connectivity index (χ1) is 10.6. The molecule has 2 aromatic carbocycles. The number of fused-ring (bicyclic) bond motifs is 1. The summed E-state index contributed by atoms with van der Waals surface area (Å²) in [5.41, 5.74) is 3.49. The van der Waals surface area contributed by atoms with Crippen LogP contribution in [0.4, 0.5) is 5.69 Å². The average Bonchev–Trinajstić information content (AvgIpc) is 2.83. The van der Waals surface area contributed by atoms with Gasteiger partial charge in [-0.2, -0.15) is 5.26 Å². The molecule has 0 aliphatic heterocycles. The molecule has 0 N–H and O–H groups in total. The van der Waals surface area contributed by atoms with Gasteiger partial charge in [-0.05, 0) is 30.3 Å². The molecule has 3 rings (SSSR count). The van der Waals surface area contributed by atoms with Gasteiger partial charge in [-0.15, -0.1) is 0 Å². The first-order valence-electron chi connectivity index (χ1n) is 6.91. The van der Waals surface area contributed by atoms with Crippen LogP contribution in [0.1, 0.15) is 11.4 Å². The molecule has 0 saturated carbocycles. The lowest BCUT2D eigenvalue weighted by Crippen LogP contribution is -2.20. The van der Waals surface area contributed by atoms with Crippen LogP contribution in [0.5, 0.6) is 0 Å². The fraction of sp³-hybridized carbons (Fsp3) is 0.176. The van der Waals surface area contributed by atoms with Crippen LogP contribution in [-0.4, -0.2) is 16.6 Å². The number of hydrogen-bond acceptors (Lipinski definition) is 3. The van der Waals surface area contributed by atoms with E-state index in [1.807, 2.05) is 43.3 Å². The van der Waals surface area contributed by atoms with Crippen LogP contribution in [-0.2, 0) is 13.6 Å². The Kier molecular flexibility index (Phi) is 3.74. The number of benzene rings is 2. The van der Waals surface area contributed by atoms with Crippen LogP contribution in [0.15, 0.2) is 42.5 Å². The summed E-state index contributed by atoms with van der Waals surface area (Å²) in [6.45, 7) is 0.613. The number of nitriles is 1. The highest BCUT2D eigenvalue weighted by Gasteiger charge is 2.13. The van der Waals surface area contributed by atoms with Crippen LogP contribution >= 0.6 is 11.6 Å². The lowest BCUT2D eigenvalue weighted by molar-refractivity contribution is 0.775. The first kappa shape index (κ1) is 14.4. The van der Waals surface area contributed by atoms with Gasteiger partial charge < -0.3 is 9.47 Å². The zero-order valence-corrected chi connectivity index (χ0v) is 13.2. The highest BCUT2D eigenvalue weighted by molar-refractivity contribution is 6.30. The van der Waals surface area contributed by atoms with Gasteiger partial charge in [0.15, 0.2) is 0 Å². The molecule has 4 nitrogen and oxygen atoms in total. The highest BCUT2D eigenvalue weighted by atomic mass is 35.5. The van der Waals surface area contributed by atoms with Crippen molar-refractivity contribution in [2.45, 2.75) is 6.54 Å². The van der Waals surface area contributed by atoms with Crippen LogP contribution in [0.2, 0.25) is 5.02 Å². The second-order valence-corrected chi connectivity index (χ2v) is 5.64. The molecule has 0 saturated heterocycles. The molecule has 0 spiro atoms. The molecule has 1 aromatic heterocycles. The Labute approximate surface area is 134 Å². The SMILES string of the molecule is CN(Cc1nc2ccccc2n1C)c1ccc(Cl)cc1C#N. The van der Waals surface area contributed by atoms with E-state index < -0.39 is 0 Å². The van der Waals surface area contributed by atoms with Gasteiger partial charge in [-0.3, -0.25) is 0 Å². The van der Waals surface area contributed by atoms with E-state index in [2.05, 4.69) is 21.7 Å². The molecule has 0 unspecified atom stereocenters. The lowest BCUT2D eigenvalue weighted by atomic mass is 10.2. The Morgan fingerprint density at radius 1 is 1.27 bits per heavy atom. The number of anilines is 1. The summed E-state index contributed by atoms with van der Waals surface area (Å²) < 4.78 is 2.08. The Hall–Kier alpha value is -2.51. The molecular weight excluding hydrogens is 296 g/mol. The van der Waals surface area contributed by atoms with Gasteiger partial charge in [0.05, 0.1) is 28.8 Å². The fourth-order valence-corrected chi connectivity index (χ4v) is 2.74.